The Morgan fingerprint density at radius 1 is 1.26 bits per heavy atom. The van der Waals surface area contributed by atoms with Crippen molar-refractivity contribution in [1.29, 1.82) is 0 Å². The number of carbonyl (C=O) groups is 3. The summed E-state index contributed by atoms with van der Waals surface area (Å²) in [5.41, 5.74) is -0.248. The van der Waals surface area contributed by atoms with Gasteiger partial charge in [0.05, 0.1) is 41.1 Å². The Morgan fingerprint density at radius 2 is 2.00 bits per heavy atom. The number of imide groups is 1. The lowest BCUT2D eigenvalue weighted by atomic mass is 9.91. The fraction of sp³-hybridized carbons (Fsp3) is 0.500. The number of hydrogen-bond donors (Lipinski definition) is 2. The lowest BCUT2D eigenvalue weighted by Gasteiger charge is -2.47. The molecule has 0 spiro atoms. The van der Waals surface area contributed by atoms with E-state index >= 15 is 0 Å². The van der Waals surface area contributed by atoms with Crippen molar-refractivity contribution < 1.29 is 33.8 Å². The summed E-state index contributed by atoms with van der Waals surface area (Å²) in [5, 5.41) is 19.6. The molecule has 2 N–H and O–H groups in total. The summed E-state index contributed by atoms with van der Waals surface area (Å²) in [6.45, 7) is 4.60. The number of carboxylic acids is 1. The molecule has 2 unspecified atom stereocenters. The number of fused-ring (bicyclic) bond motifs is 1. The van der Waals surface area contributed by atoms with Crippen LogP contribution in [0.3, 0.4) is 0 Å². The van der Waals surface area contributed by atoms with E-state index in [1.54, 1.807) is 11.8 Å². The molecule has 5 atom stereocenters. The van der Waals surface area contributed by atoms with Crippen LogP contribution in [0.1, 0.15) is 64.0 Å². The summed E-state index contributed by atoms with van der Waals surface area (Å²) in [7, 11) is 0. The SMILES string of the molecule is CC1=C(c2ncco2)SC2C1C(=O)N(C(C)(C)C(=O)O)C(=O)N2C[C@H](O[C@H]1CCC[C@@H](O)C1)c1ccccc1. The average Bonchev–Trinajstić information content (AvgIpc) is 3.54. The van der Waals surface area contributed by atoms with Crippen LogP contribution in [-0.4, -0.2) is 72.6 Å². The number of thioether (sulfide) groups is 1. The first-order chi connectivity index (χ1) is 18.6. The van der Waals surface area contributed by atoms with Gasteiger partial charge in [0.2, 0.25) is 11.8 Å². The van der Waals surface area contributed by atoms with Gasteiger partial charge in [-0.1, -0.05) is 42.1 Å². The number of aliphatic hydroxyl groups excluding tert-OH is 1. The zero-order valence-corrected chi connectivity index (χ0v) is 23.0. The molecular formula is C28H33N3O7S. The van der Waals surface area contributed by atoms with E-state index in [9.17, 15) is 24.6 Å². The number of nitrogens with zero attached hydrogens (tertiary/aromatic N) is 3. The Hall–Kier alpha value is -3.15. The van der Waals surface area contributed by atoms with Gasteiger partial charge in [-0.2, -0.15) is 0 Å². The van der Waals surface area contributed by atoms with Gasteiger partial charge in [-0.15, -0.1) is 0 Å². The predicted molar refractivity (Wildman–Crippen MR) is 143 cm³/mol. The Labute approximate surface area is 231 Å². The molecule has 11 heteroatoms. The van der Waals surface area contributed by atoms with Crippen LogP contribution in [0.4, 0.5) is 4.79 Å². The van der Waals surface area contributed by atoms with Gasteiger partial charge >= 0.3 is 12.0 Å². The molecule has 0 radical (unpaired) electrons. The van der Waals surface area contributed by atoms with Crippen LogP contribution in [0.5, 0.6) is 0 Å². The molecule has 5 rings (SSSR count). The van der Waals surface area contributed by atoms with E-state index in [0.29, 0.717) is 22.8 Å². The number of hydrogen-bond acceptors (Lipinski definition) is 8. The third kappa shape index (κ3) is 5.10. The predicted octanol–water partition coefficient (Wildman–Crippen LogP) is 4.28. The van der Waals surface area contributed by atoms with Crippen molar-refractivity contribution in [3.8, 4) is 0 Å². The first-order valence-corrected chi connectivity index (χ1v) is 14.0. The molecule has 2 fully saturated rings. The standard InChI is InChI=1S/C28H33N3O7S/c1-16-21-24(33)31(28(2,3)26(34)35)27(36)30(25(21)39-22(16)23-29-12-13-37-23)15-20(17-8-5-4-6-9-17)38-19-11-7-10-18(32)14-19/h4-6,8-9,12-13,18-21,25,32H,7,10-11,14-15H2,1-3H3,(H,34,35)/t18-,19+,20+,21?,25?/m1/s1. The highest BCUT2D eigenvalue weighted by atomic mass is 32.2. The van der Waals surface area contributed by atoms with Crippen LogP contribution in [0.2, 0.25) is 0 Å². The summed E-state index contributed by atoms with van der Waals surface area (Å²) in [4.78, 5) is 47.4. The lowest BCUT2D eigenvalue weighted by molar-refractivity contribution is -0.158. The number of carbonyl (C=O) groups excluding carboxylic acids is 2. The molecule has 208 valence electrons. The van der Waals surface area contributed by atoms with Crippen LogP contribution in [0.25, 0.3) is 4.91 Å². The lowest BCUT2D eigenvalue weighted by Crippen LogP contribution is -2.67. The van der Waals surface area contributed by atoms with Gasteiger partial charge in [0.1, 0.15) is 17.9 Å². The Kier molecular flexibility index (Phi) is 7.58. The monoisotopic (exact) mass is 555 g/mol. The minimum atomic E-state index is -1.77. The molecule has 2 aliphatic heterocycles. The van der Waals surface area contributed by atoms with Crippen LogP contribution < -0.4 is 0 Å². The van der Waals surface area contributed by atoms with Crippen LogP contribution in [0.15, 0.2) is 52.8 Å². The molecule has 1 saturated heterocycles. The Bertz CT molecular complexity index is 1260. The van der Waals surface area contributed by atoms with Gasteiger partial charge in [0, 0.05) is 0 Å². The smallest absolute Gasteiger partial charge is 0.329 e. The van der Waals surface area contributed by atoms with Gasteiger partial charge in [0.15, 0.2) is 0 Å². The van der Waals surface area contributed by atoms with Crippen molar-refractivity contribution >= 4 is 34.6 Å². The van der Waals surface area contributed by atoms with E-state index in [0.717, 1.165) is 29.7 Å². The largest absolute Gasteiger partial charge is 0.480 e. The molecule has 39 heavy (non-hydrogen) atoms. The minimum Gasteiger partial charge on any atom is -0.480 e. The van der Waals surface area contributed by atoms with Crippen LogP contribution >= 0.6 is 11.8 Å². The molecular weight excluding hydrogens is 522 g/mol. The topological polar surface area (TPSA) is 133 Å². The number of urea groups is 1. The average molecular weight is 556 g/mol. The van der Waals surface area contributed by atoms with E-state index in [1.807, 2.05) is 30.3 Å². The minimum absolute atomic E-state index is 0.0925. The highest BCUT2D eigenvalue weighted by Crippen LogP contribution is 2.52. The van der Waals surface area contributed by atoms with Crippen molar-refractivity contribution in [1.82, 2.24) is 14.8 Å². The fourth-order valence-electron chi connectivity index (χ4n) is 5.55. The van der Waals surface area contributed by atoms with E-state index in [4.69, 9.17) is 9.15 Å². The molecule has 0 bridgehead atoms. The number of aliphatic hydroxyl groups is 1. The summed E-state index contributed by atoms with van der Waals surface area (Å²) >= 11 is 1.32. The zero-order valence-electron chi connectivity index (χ0n) is 22.1. The van der Waals surface area contributed by atoms with Crippen molar-refractivity contribution in [2.45, 2.75) is 75.7 Å². The first-order valence-electron chi connectivity index (χ1n) is 13.1. The van der Waals surface area contributed by atoms with Crippen molar-refractivity contribution in [3.63, 3.8) is 0 Å². The molecule has 1 aromatic heterocycles. The summed E-state index contributed by atoms with van der Waals surface area (Å²) < 4.78 is 12.1. The molecule has 10 nitrogen and oxygen atoms in total. The Balaban J connectivity index is 1.53. The van der Waals surface area contributed by atoms with Crippen molar-refractivity contribution in [3.05, 3.63) is 59.8 Å². The molecule has 1 saturated carbocycles. The molecule has 2 aromatic rings. The second-order valence-electron chi connectivity index (χ2n) is 10.8. The number of benzene rings is 1. The number of ether oxygens (including phenoxy) is 1. The Morgan fingerprint density at radius 3 is 2.64 bits per heavy atom. The van der Waals surface area contributed by atoms with Gasteiger partial charge in [-0.25, -0.2) is 19.5 Å². The third-order valence-corrected chi connectivity index (χ3v) is 9.28. The van der Waals surface area contributed by atoms with Crippen molar-refractivity contribution in [2.75, 3.05) is 6.54 Å². The number of carboxylic acid groups (broad SMARTS) is 1. The summed E-state index contributed by atoms with van der Waals surface area (Å²) in [5.74, 6) is -2.27. The van der Waals surface area contributed by atoms with Crippen LogP contribution in [-0.2, 0) is 14.3 Å². The second kappa shape index (κ2) is 10.8. The number of amides is 3. The maximum absolute atomic E-state index is 14.0. The van der Waals surface area contributed by atoms with Gasteiger partial charge in [-0.05, 0) is 57.6 Å². The molecule has 3 amide bonds. The maximum atomic E-state index is 14.0. The highest BCUT2D eigenvalue weighted by molar-refractivity contribution is 8.09. The third-order valence-electron chi connectivity index (χ3n) is 7.78. The normalized spacial score (nSPS) is 26.7. The molecule has 3 aliphatic rings. The molecule has 3 heterocycles. The van der Waals surface area contributed by atoms with Gasteiger partial charge < -0.3 is 24.3 Å². The number of oxazole rings is 1. The van der Waals surface area contributed by atoms with E-state index in [1.165, 1.54) is 38.1 Å². The highest BCUT2D eigenvalue weighted by Gasteiger charge is 2.57. The number of aliphatic carboxylic acids is 1. The van der Waals surface area contributed by atoms with E-state index < -0.39 is 46.9 Å². The summed E-state index contributed by atoms with van der Waals surface area (Å²) in [6.07, 6.45) is 4.64. The number of rotatable bonds is 8. The van der Waals surface area contributed by atoms with E-state index in [-0.39, 0.29) is 12.6 Å². The maximum Gasteiger partial charge on any atom is 0.329 e. The quantitative estimate of drug-likeness (QED) is 0.489. The van der Waals surface area contributed by atoms with E-state index in [2.05, 4.69) is 4.98 Å². The van der Waals surface area contributed by atoms with Gasteiger partial charge in [-0.3, -0.25) is 4.79 Å². The van der Waals surface area contributed by atoms with Gasteiger partial charge in [0.25, 0.3) is 0 Å². The first kappa shape index (κ1) is 27.4. The summed E-state index contributed by atoms with van der Waals surface area (Å²) in [6, 6.07) is 8.83. The van der Waals surface area contributed by atoms with Crippen molar-refractivity contribution in [2.24, 2.45) is 5.92 Å². The molecule has 1 aromatic carbocycles. The fourth-order valence-corrected chi connectivity index (χ4v) is 7.07. The number of aromatic nitrogens is 1. The second-order valence-corrected chi connectivity index (χ2v) is 11.9. The molecule has 1 aliphatic carbocycles. The van der Waals surface area contributed by atoms with Crippen LogP contribution in [0, 0.1) is 5.92 Å². The zero-order chi connectivity index (χ0) is 27.9.